The van der Waals surface area contributed by atoms with Gasteiger partial charge < -0.3 is 16.2 Å². The highest BCUT2D eigenvalue weighted by Crippen LogP contribution is 2.26. The minimum Gasteiger partial charge on any atom is -0.397 e. The summed E-state index contributed by atoms with van der Waals surface area (Å²) in [6.45, 7) is 3.28. The molecular weight excluding hydrogens is 250 g/mol. The number of hydrogen-bond acceptors (Lipinski definition) is 4. The molecule has 0 amide bonds. The van der Waals surface area contributed by atoms with Crippen molar-refractivity contribution >= 4 is 22.3 Å². The molecule has 0 aliphatic heterocycles. The normalized spacial score (nSPS) is 12.5. The summed E-state index contributed by atoms with van der Waals surface area (Å²) in [4.78, 5) is 4.34. The first-order valence-electron chi connectivity index (χ1n) is 7.24. The Kier molecular flexibility index (Phi) is 5.18. The van der Waals surface area contributed by atoms with E-state index >= 15 is 0 Å². The van der Waals surface area contributed by atoms with Gasteiger partial charge in [0.05, 0.1) is 11.2 Å². The maximum absolute atomic E-state index is 9.11. The maximum Gasteiger partial charge on any atom is 0.0951 e. The molecule has 1 aromatic heterocycles. The van der Waals surface area contributed by atoms with E-state index in [1.807, 2.05) is 24.3 Å². The molecule has 0 saturated carbocycles. The quantitative estimate of drug-likeness (QED) is 0.678. The Morgan fingerprint density at radius 2 is 2.15 bits per heavy atom. The lowest BCUT2D eigenvalue weighted by atomic mass is 10.00. The van der Waals surface area contributed by atoms with Crippen LogP contribution >= 0.6 is 0 Å². The average Bonchev–Trinajstić information content (AvgIpc) is 2.46. The molecule has 0 radical (unpaired) electrons. The van der Waals surface area contributed by atoms with E-state index in [1.54, 1.807) is 6.20 Å². The van der Waals surface area contributed by atoms with Crippen LogP contribution in [0.25, 0.3) is 10.9 Å². The topological polar surface area (TPSA) is 71.2 Å². The van der Waals surface area contributed by atoms with Crippen molar-refractivity contribution in [3.05, 3.63) is 30.5 Å². The molecule has 4 heteroatoms. The van der Waals surface area contributed by atoms with E-state index in [1.165, 1.54) is 0 Å². The molecule has 1 heterocycles. The Balaban J connectivity index is 2.15. The van der Waals surface area contributed by atoms with Crippen LogP contribution in [0.4, 0.5) is 11.4 Å². The minimum atomic E-state index is 0.246. The smallest absolute Gasteiger partial charge is 0.0951 e. The highest BCUT2D eigenvalue weighted by atomic mass is 16.3. The lowest BCUT2D eigenvalue weighted by molar-refractivity contribution is 0.255. The molecule has 4 nitrogen and oxygen atoms in total. The van der Waals surface area contributed by atoms with Gasteiger partial charge in [-0.05, 0) is 30.9 Å². The zero-order valence-electron chi connectivity index (χ0n) is 12.0. The number of pyridine rings is 1. The summed E-state index contributed by atoms with van der Waals surface area (Å²) in [5.41, 5.74) is 8.55. The summed E-state index contributed by atoms with van der Waals surface area (Å²) in [5, 5.41) is 13.6. The van der Waals surface area contributed by atoms with Crippen LogP contribution in [0, 0.1) is 5.92 Å². The third-order valence-electron chi connectivity index (χ3n) is 3.62. The highest BCUT2D eigenvalue weighted by Gasteiger charge is 2.09. The van der Waals surface area contributed by atoms with Gasteiger partial charge in [-0.3, -0.25) is 4.98 Å². The number of anilines is 2. The first kappa shape index (κ1) is 14.6. The van der Waals surface area contributed by atoms with Crippen molar-refractivity contribution in [3.8, 4) is 0 Å². The van der Waals surface area contributed by atoms with E-state index in [-0.39, 0.29) is 6.61 Å². The molecule has 0 fully saturated rings. The lowest BCUT2D eigenvalue weighted by Gasteiger charge is -2.17. The van der Waals surface area contributed by atoms with E-state index in [4.69, 9.17) is 10.8 Å². The van der Waals surface area contributed by atoms with Crippen molar-refractivity contribution in [2.75, 3.05) is 24.2 Å². The van der Waals surface area contributed by atoms with Gasteiger partial charge in [0.2, 0.25) is 0 Å². The van der Waals surface area contributed by atoms with Crippen LogP contribution in [0.15, 0.2) is 30.5 Å². The molecule has 108 valence electrons. The van der Waals surface area contributed by atoms with Gasteiger partial charge >= 0.3 is 0 Å². The predicted octanol–water partition coefficient (Wildman–Crippen LogP) is 3.03. The maximum atomic E-state index is 9.11. The second kappa shape index (κ2) is 7.10. The first-order chi connectivity index (χ1) is 9.76. The number of nitrogens with one attached hydrogen (secondary N) is 1. The number of aliphatic hydroxyl groups excluding tert-OH is 1. The fourth-order valence-electron chi connectivity index (χ4n) is 2.55. The van der Waals surface area contributed by atoms with Gasteiger partial charge in [-0.25, -0.2) is 0 Å². The molecule has 0 saturated heterocycles. The second-order valence-electron chi connectivity index (χ2n) is 5.15. The van der Waals surface area contributed by atoms with Crippen LogP contribution in [0.2, 0.25) is 0 Å². The summed E-state index contributed by atoms with van der Waals surface area (Å²) in [7, 11) is 0. The van der Waals surface area contributed by atoms with Crippen molar-refractivity contribution < 1.29 is 5.11 Å². The minimum absolute atomic E-state index is 0.246. The van der Waals surface area contributed by atoms with Gasteiger partial charge in [-0.1, -0.05) is 25.5 Å². The van der Waals surface area contributed by atoms with E-state index in [9.17, 15) is 0 Å². The number of nitrogen functional groups attached to an aromatic ring is 1. The molecule has 0 aliphatic carbocycles. The molecule has 0 bridgehead atoms. The molecule has 1 aromatic carbocycles. The van der Waals surface area contributed by atoms with Gasteiger partial charge in [-0.15, -0.1) is 0 Å². The summed E-state index contributed by atoms with van der Waals surface area (Å²) in [6, 6.07) is 7.82. The van der Waals surface area contributed by atoms with Gasteiger partial charge in [0.15, 0.2) is 0 Å². The SMILES string of the molecule is CCCC(CCO)CNc1ccnc2c(N)cccc12. The van der Waals surface area contributed by atoms with Crippen LogP contribution in [-0.4, -0.2) is 23.2 Å². The standard InChI is InChI=1S/C16H23N3O/c1-2-4-12(8-10-20)11-19-15-7-9-18-16-13(15)5-3-6-14(16)17/h3,5-7,9,12,20H,2,4,8,10-11,17H2,1H3,(H,18,19). The van der Waals surface area contributed by atoms with Crippen molar-refractivity contribution in [2.24, 2.45) is 5.92 Å². The Bertz CT molecular complexity index is 550. The number of para-hydroxylation sites is 1. The fourth-order valence-corrected chi connectivity index (χ4v) is 2.55. The zero-order chi connectivity index (χ0) is 14.4. The van der Waals surface area contributed by atoms with Crippen molar-refractivity contribution in [3.63, 3.8) is 0 Å². The van der Waals surface area contributed by atoms with Crippen molar-refractivity contribution in [1.29, 1.82) is 0 Å². The predicted molar refractivity (Wildman–Crippen MR) is 84.7 cm³/mol. The van der Waals surface area contributed by atoms with Crippen molar-refractivity contribution in [1.82, 2.24) is 4.98 Å². The molecule has 20 heavy (non-hydrogen) atoms. The van der Waals surface area contributed by atoms with E-state index < -0.39 is 0 Å². The summed E-state index contributed by atoms with van der Waals surface area (Å²) in [5.74, 6) is 0.495. The second-order valence-corrected chi connectivity index (χ2v) is 5.15. The number of rotatable bonds is 7. The number of nitrogens with zero attached hydrogens (tertiary/aromatic N) is 1. The fraction of sp³-hybridized carbons (Fsp3) is 0.438. The third kappa shape index (κ3) is 3.39. The van der Waals surface area contributed by atoms with Gasteiger partial charge in [0.25, 0.3) is 0 Å². The summed E-state index contributed by atoms with van der Waals surface area (Å²) >= 11 is 0. The molecule has 0 spiro atoms. The molecule has 1 unspecified atom stereocenters. The first-order valence-corrected chi connectivity index (χ1v) is 7.24. The van der Waals surface area contributed by atoms with Crippen LogP contribution in [0.5, 0.6) is 0 Å². The van der Waals surface area contributed by atoms with Crippen LogP contribution in [0.3, 0.4) is 0 Å². The summed E-state index contributed by atoms with van der Waals surface area (Å²) in [6.07, 6.45) is 4.88. The van der Waals surface area contributed by atoms with Crippen LogP contribution < -0.4 is 11.1 Å². The molecule has 2 aromatic rings. The number of fused-ring (bicyclic) bond motifs is 1. The number of aliphatic hydroxyl groups is 1. The monoisotopic (exact) mass is 273 g/mol. The number of benzene rings is 1. The Morgan fingerprint density at radius 1 is 1.30 bits per heavy atom. The summed E-state index contributed by atoms with van der Waals surface area (Å²) < 4.78 is 0. The number of hydrogen-bond donors (Lipinski definition) is 3. The van der Waals surface area contributed by atoms with E-state index in [0.717, 1.165) is 42.4 Å². The van der Waals surface area contributed by atoms with Crippen molar-refractivity contribution in [2.45, 2.75) is 26.2 Å². The molecule has 4 N–H and O–H groups in total. The van der Waals surface area contributed by atoms with E-state index in [0.29, 0.717) is 11.6 Å². The number of nitrogens with two attached hydrogens (primary N) is 1. The zero-order valence-corrected chi connectivity index (χ0v) is 12.0. The Hall–Kier alpha value is -1.81. The third-order valence-corrected chi connectivity index (χ3v) is 3.62. The molecule has 2 rings (SSSR count). The Morgan fingerprint density at radius 3 is 2.90 bits per heavy atom. The highest BCUT2D eigenvalue weighted by molar-refractivity contribution is 5.97. The molecule has 0 aliphatic rings. The molecular formula is C16H23N3O. The van der Waals surface area contributed by atoms with Gasteiger partial charge in [0, 0.05) is 30.4 Å². The van der Waals surface area contributed by atoms with Crippen LogP contribution in [-0.2, 0) is 0 Å². The Labute approximate surface area is 120 Å². The van der Waals surface area contributed by atoms with Gasteiger partial charge in [-0.2, -0.15) is 0 Å². The molecule has 1 atom stereocenters. The average molecular weight is 273 g/mol. The number of aromatic nitrogens is 1. The van der Waals surface area contributed by atoms with E-state index in [2.05, 4.69) is 17.2 Å². The van der Waals surface area contributed by atoms with Crippen LogP contribution in [0.1, 0.15) is 26.2 Å². The van der Waals surface area contributed by atoms with Gasteiger partial charge in [0.1, 0.15) is 0 Å². The lowest BCUT2D eigenvalue weighted by Crippen LogP contribution is -2.16. The largest absolute Gasteiger partial charge is 0.397 e.